The maximum Gasteiger partial charge on any atom is 0.238 e. The molecule has 1 aliphatic heterocycles. The van der Waals surface area contributed by atoms with Crippen molar-refractivity contribution in [2.75, 3.05) is 25.1 Å². The Hall–Kier alpha value is -1.28. The van der Waals surface area contributed by atoms with Gasteiger partial charge in [-0.05, 0) is 30.3 Å². The molecule has 3 rings (SSSR count). The lowest BCUT2D eigenvalue weighted by atomic mass is 10.2. The molecule has 0 spiro atoms. The molecule has 0 radical (unpaired) electrons. The van der Waals surface area contributed by atoms with Crippen molar-refractivity contribution in [1.29, 1.82) is 0 Å². The molecule has 2 N–H and O–H groups in total. The Morgan fingerprint density at radius 2 is 2.04 bits per heavy atom. The zero-order valence-electron chi connectivity index (χ0n) is 14.1. The number of nitrogens with zero attached hydrogens (tertiary/aromatic N) is 1. The summed E-state index contributed by atoms with van der Waals surface area (Å²) in [6.07, 6.45) is 1.82. The summed E-state index contributed by atoms with van der Waals surface area (Å²) in [6.45, 7) is 2.01. The average Bonchev–Trinajstić information content (AvgIpc) is 2.60. The third-order valence-corrected chi connectivity index (χ3v) is 4.03. The third kappa shape index (κ3) is 7.33. The minimum Gasteiger partial charge on any atom is -0.438 e. The molecule has 1 unspecified atom stereocenters. The number of halogens is 4. The summed E-state index contributed by atoms with van der Waals surface area (Å²) in [6, 6.07) is 8.57. The van der Waals surface area contributed by atoms with Crippen LogP contribution >= 0.6 is 48.0 Å². The van der Waals surface area contributed by atoms with Crippen LogP contribution < -0.4 is 15.4 Å². The Balaban J connectivity index is 0.00000182. The number of anilines is 1. The molecule has 1 aromatic heterocycles. The minimum absolute atomic E-state index is 0. The number of carbonyl (C=O) groups is 1. The van der Waals surface area contributed by atoms with E-state index >= 15 is 0 Å². The fraction of sp³-hybridized carbons (Fsp3) is 0.294. The first-order valence-electron chi connectivity index (χ1n) is 7.80. The highest BCUT2D eigenvalue weighted by molar-refractivity contribution is 6.35. The summed E-state index contributed by atoms with van der Waals surface area (Å²) in [4.78, 5) is 16.1. The molecule has 27 heavy (non-hydrogen) atoms. The number of nitrogens with one attached hydrogen (secondary N) is 2. The lowest BCUT2D eigenvalue weighted by Gasteiger charge is -2.23. The lowest BCUT2D eigenvalue weighted by Crippen LogP contribution is -2.43. The standard InChI is InChI=1S/C17H17Cl2N3O3.2ClH/c18-11-7-15(19)17(21-9-11)25-14-3-1-12(2-4-14)22-16(23)8-13-10-24-6-5-20-13;;/h1-4,7,9,13,20H,5-6,8,10H2,(H,22,23);2*1H. The van der Waals surface area contributed by atoms with Gasteiger partial charge in [0, 0.05) is 30.9 Å². The van der Waals surface area contributed by atoms with E-state index in [0.29, 0.717) is 41.1 Å². The van der Waals surface area contributed by atoms with Crippen molar-refractivity contribution in [3.63, 3.8) is 0 Å². The van der Waals surface area contributed by atoms with E-state index in [2.05, 4.69) is 15.6 Å². The summed E-state index contributed by atoms with van der Waals surface area (Å²) >= 11 is 11.8. The molecule has 1 amide bonds. The van der Waals surface area contributed by atoms with Gasteiger partial charge in [0.2, 0.25) is 11.8 Å². The first-order chi connectivity index (χ1) is 12.1. The van der Waals surface area contributed by atoms with Gasteiger partial charge in [0.05, 0.1) is 18.2 Å². The molecule has 148 valence electrons. The van der Waals surface area contributed by atoms with Crippen LogP contribution in [0.1, 0.15) is 6.42 Å². The van der Waals surface area contributed by atoms with Gasteiger partial charge in [-0.25, -0.2) is 4.98 Å². The van der Waals surface area contributed by atoms with Crippen molar-refractivity contribution in [2.45, 2.75) is 12.5 Å². The maximum atomic E-state index is 12.1. The summed E-state index contributed by atoms with van der Waals surface area (Å²) in [5.41, 5.74) is 0.684. The van der Waals surface area contributed by atoms with Crippen molar-refractivity contribution in [2.24, 2.45) is 0 Å². The zero-order chi connectivity index (χ0) is 17.6. The minimum atomic E-state index is -0.0703. The van der Waals surface area contributed by atoms with Crippen molar-refractivity contribution < 1.29 is 14.3 Å². The van der Waals surface area contributed by atoms with Crippen molar-refractivity contribution in [3.8, 4) is 11.6 Å². The van der Waals surface area contributed by atoms with Crippen LogP contribution in [0, 0.1) is 0 Å². The number of hydrogen-bond donors (Lipinski definition) is 2. The smallest absolute Gasteiger partial charge is 0.238 e. The van der Waals surface area contributed by atoms with Crippen molar-refractivity contribution in [1.82, 2.24) is 10.3 Å². The predicted molar refractivity (Wildman–Crippen MR) is 111 cm³/mol. The Labute approximate surface area is 179 Å². The van der Waals surface area contributed by atoms with E-state index < -0.39 is 0 Å². The first-order valence-corrected chi connectivity index (χ1v) is 8.56. The molecule has 0 aliphatic carbocycles. The molecule has 10 heteroatoms. The van der Waals surface area contributed by atoms with Gasteiger partial charge >= 0.3 is 0 Å². The highest BCUT2D eigenvalue weighted by atomic mass is 35.5. The Morgan fingerprint density at radius 1 is 1.30 bits per heavy atom. The first kappa shape index (κ1) is 23.8. The van der Waals surface area contributed by atoms with Crippen LogP contribution in [0.25, 0.3) is 0 Å². The second-order valence-electron chi connectivity index (χ2n) is 5.55. The number of aromatic nitrogens is 1. The van der Waals surface area contributed by atoms with Gasteiger partial charge < -0.3 is 20.1 Å². The fourth-order valence-corrected chi connectivity index (χ4v) is 2.80. The van der Waals surface area contributed by atoms with Gasteiger partial charge in [-0.15, -0.1) is 24.8 Å². The zero-order valence-corrected chi connectivity index (χ0v) is 17.3. The molecule has 1 saturated heterocycles. The highest BCUT2D eigenvalue weighted by Crippen LogP contribution is 2.29. The van der Waals surface area contributed by atoms with Gasteiger partial charge in [0.1, 0.15) is 10.8 Å². The number of hydrogen-bond acceptors (Lipinski definition) is 5. The molecular weight excluding hydrogens is 436 g/mol. The van der Waals surface area contributed by atoms with Crippen LogP contribution in [0.5, 0.6) is 11.6 Å². The summed E-state index contributed by atoms with van der Waals surface area (Å²) in [7, 11) is 0. The summed E-state index contributed by atoms with van der Waals surface area (Å²) < 4.78 is 10.9. The second kappa shape index (κ2) is 11.5. The van der Waals surface area contributed by atoms with E-state index in [1.54, 1.807) is 30.3 Å². The average molecular weight is 455 g/mol. The molecule has 0 saturated carbocycles. The number of ether oxygens (including phenoxy) is 2. The van der Waals surface area contributed by atoms with E-state index in [9.17, 15) is 4.79 Å². The van der Waals surface area contributed by atoms with Crippen LogP contribution in [-0.2, 0) is 9.53 Å². The van der Waals surface area contributed by atoms with E-state index in [1.807, 2.05) is 0 Å². The van der Waals surface area contributed by atoms with Crippen LogP contribution in [0.4, 0.5) is 5.69 Å². The van der Waals surface area contributed by atoms with Crippen LogP contribution in [0.15, 0.2) is 36.5 Å². The second-order valence-corrected chi connectivity index (χ2v) is 6.39. The normalized spacial score (nSPS) is 15.9. The predicted octanol–water partition coefficient (Wildman–Crippen LogP) is 4.34. The molecule has 2 aromatic rings. The topological polar surface area (TPSA) is 72.5 Å². The quantitative estimate of drug-likeness (QED) is 0.702. The molecule has 2 heterocycles. The Bertz CT molecular complexity index is 741. The van der Waals surface area contributed by atoms with Gasteiger partial charge in [-0.1, -0.05) is 23.2 Å². The van der Waals surface area contributed by atoms with E-state index in [0.717, 1.165) is 6.54 Å². The fourth-order valence-electron chi connectivity index (χ4n) is 2.38. The number of pyridine rings is 1. The van der Waals surface area contributed by atoms with Gasteiger partial charge in [0.15, 0.2) is 0 Å². The molecule has 1 aromatic carbocycles. The van der Waals surface area contributed by atoms with Crippen molar-refractivity contribution >= 4 is 59.6 Å². The Morgan fingerprint density at radius 3 is 2.67 bits per heavy atom. The number of carbonyl (C=O) groups excluding carboxylic acids is 1. The van der Waals surface area contributed by atoms with E-state index in [-0.39, 0.29) is 42.6 Å². The summed E-state index contributed by atoms with van der Waals surface area (Å²) in [5.74, 6) is 0.752. The molecule has 0 bridgehead atoms. The van der Waals surface area contributed by atoms with E-state index in [4.69, 9.17) is 32.7 Å². The Kier molecular flexibility index (Phi) is 10.2. The molecule has 1 aliphatic rings. The van der Waals surface area contributed by atoms with Crippen LogP contribution in [0.3, 0.4) is 0 Å². The molecular formula is C17H19Cl4N3O3. The number of rotatable bonds is 5. The van der Waals surface area contributed by atoms with Gasteiger partial charge in [0.25, 0.3) is 0 Å². The molecule has 1 atom stereocenters. The van der Waals surface area contributed by atoms with Gasteiger partial charge in [-0.2, -0.15) is 0 Å². The number of benzene rings is 1. The maximum absolute atomic E-state index is 12.1. The lowest BCUT2D eigenvalue weighted by molar-refractivity contribution is -0.117. The van der Waals surface area contributed by atoms with Gasteiger partial charge in [-0.3, -0.25) is 4.79 Å². The monoisotopic (exact) mass is 453 g/mol. The van der Waals surface area contributed by atoms with Crippen LogP contribution in [0.2, 0.25) is 10.0 Å². The van der Waals surface area contributed by atoms with Crippen molar-refractivity contribution in [3.05, 3.63) is 46.6 Å². The SMILES string of the molecule is Cl.Cl.O=C(CC1COCCN1)Nc1ccc(Oc2ncc(Cl)cc2Cl)cc1. The van der Waals surface area contributed by atoms with Crippen LogP contribution in [-0.4, -0.2) is 36.7 Å². The molecule has 6 nitrogen and oxygen atoms in total. The molecule has 1 fully saturated rings. The summed E-state index contributed by atoms with van der Waals surface area (Å²) in [5, 5.41) is 6.86. The number of morpholine rings is 1. The highest BCUT2D eigenvalue weighted by Gasteiger charge is 2.16. The third-order valence-electron chi connectivity index (χ3n) is 3.56. The van der Waals surface area contributed by atoms with E-state index in [1.165, 1.54) is 6.20 Å². The number of amides is 1. The largest absolute Gasteiger partial charge is 0.438 e.